The van der Waals surface area contributed by atoms with E-state index in [-0.39, 0.29) is 5.82 Å². The van der Waals surface area contributed by atoms with E-state index in [1.165, 1.54) is 6.07 Å². The van der Waals surface area contributed by atoms with Crippen molar-refractivity contribution in [1.29, 1.82) is 0 Å². The van der Waals surface area contributed by atoms with E-state index in [4.69, 9.17) is 11.6 Å². The molecule has 2 aromatic rings. The Bertz CT molecular complexity index is 693. The van der Waals surface area contributed by atoms with Crippen LogP contribution in [0.4, 0.5) is 10.2 Å². The van der Waals surface area contributed by atoms with Gasteiger partial charge in [0.05, 0.1) is 0 Å². The number of anilines is 1. The molecule has 3 nitrogen and oxygen atoms in total. The van der Waals surface area contributed by atoms with Gasteiger partial charge in [-0.25, -0.2) is 9.37 Å². The number of rotatable bonds is 3. The van der Waals surface area contributed by atoms with Gasteiger partial charge in [-0.2, -0.15) is 0 Å². The lowest BCUT2D eigenvalue weighted by molar-refractivity contribution is 0.229. The summed E-state index contributed by atoms with van der Waals surface area (Å²) in [6, 6.07) is 11.9. The van der Waals surface area contributed by atoms with Crippen LogP contribution in [0.2, 0.25) is 5.02 Å². The van der Waals surface area contributed by atoms with Gasteiger partial charge >= 0.3 is 0 Å². The summed E-state index contributed by atoms with van der Waals surface area (Å²) in [5.41, 5.74) is 1.16. The number of fused-ring (bicyclic) bond motifs is 2. The minimum atomic E-state index is -0.229. The average molecular weight is 318 g/mol. The normalized spacial score (nSPS) is 24.2. The van der Waals surface area contributed by atoms with Crippen LogP contribution in [0.3, 0.4) is 0 Å². The van der Waals surface area contributed by atoms with Crippen molar-refractivity contribution in [2.75, 3.05) is 18.0 Å². The largest absolute Gasteiger partial charge is 0.348 e. The first-order chi connectivity index (χ1) is 10.7. The van der Waals surface area contributed by atoms with Crippen molar-refractivity contribution in [3.8, 4) is 0 Å². The van der Waals surface area contributed by atoms with Crippen LogP contribution in [-0.4, -0.2) is 35.1 Å². The van der Waals surface area contributed by atoms with E-state index in [1.54, 1.807) is 12.3 Å². The summed E-state index contributed by atoms with van der Waals surface area (Å²) in [4.78, 5) is 8.78. The van der Waals surface area contributed by atoms with Crippen molar-refractivity contribution < 1.29 is 4.39 Å². The van der Waals surface area contributed by atoms with Crippen molar-refractivity contribution in [2.45, 2.75) is 25.0 Å². The zero-order valence-electron chi connectivity index (χ0n) is 12.1. The first-order valence-corrected chi connectivity index (χ1v) is 7.95. The number of likely N-dealkylation sites (tertiary alicyclic amines) is 1. The molecule has 2 fully saturated rings. The number of aromatic nitrogens is 1. The minimum Gasteiger partial charge on any atom is -0.348 e. The van der Waals surface area contributed by atoms with Gasteiger partial charge in [-0.15, -0.1) is 0 Å². The highest BCUT2D eigenvalue weighted by molar-refractivity contribution is 6.31. The van der Waals surface area contributed by atoms with Gasteiger partial charge in [0, 0.05) is 42.9 Å². The standard InChI is InChI=1S/C17H17ClFN3/c18-15-5-2-1-4-12(15)9-21-10-14-8-13(21)11-22(14)17-16(19)6-3-7-20-17/h1-7,13-14H,8-11H2. The molecule has 3 heterocycles. The second-order valence-electron chi connectivity index (χ2n) is 6.03. The Hall–Kier alpha value is -1.65. The summed E-state index contributed by atoms with van der Waals surface area (Å²) >= 11 is 6.25. The molecule has 0 spiro atoms. The van der Waals surface area contributed by atoms with Crippen LogP contribution in [0.1, 0.15) is 12.0 Å². The molecule has 2 atom stereocenters. The van der Waals surface area contributed by atoms with Gasteiger partial charge in [-0.1, -0.05) is 29.8 Å². The summed E-state index contributed by atoms with van der Waals surface area (Å²) in [7, 11) is 0. The molecule has 2 bridgehead atoms. The molecule has 0 N–H and O–H groups in total. The Morgan fingerprint density at radius 3 is 2.73 bits per heavy atom. The molecule has 4 rings (SSSR count). The van der Waals surface area contributed by atoms with Gasteiger partial charge in [0.25, 0.3) is 0 Å². The van der Waals surface area contributed by atoms with Crippen molar-refractivity contribution in [2.24, 2.45) is 0 Å². The number of hydrogen-bond donors (Lipinski definition) is 0. The molecular weight excluding hydrogens is 301 g/mol. The molecule has 1 aromatic carbocycles. The minimum absolute atomic E-state index is 0.229. The van der Waals surface area contributed by atoms with Crippen LogP contribution in [-0.2, 0) is 6.54 Å². The predicted molar refractivity (Wildman–Crippen MR) is 85.6 cm³/mol. The number of hydrogen-bond acceptors (Lipinski definition) is 3. The number of benzene rings is 1. The van der Waals surface area contributed by atoms with Crippen molar-refractivity contribution >= 4 is 17.4 Å². The third-order valence-corrected chi connectivity index (χ3v) is 5.07. The topological polar surface area (TPSA) is 19.4 Å². The van der Waals surface area contributed by atoms with Gasteiger partial charge in [-0.3, -0.25) is 4.90 Å². The summed E-state index contributed by atoms with van der Waals surface area (Å²) in [6.07, 6.45) is 2.73. The third kappa shape index (κ3) is 2.36. The molecule has 2 saturated heterocycles. The fourth-order valence-corrected chi connectivity index (χ4v) is 3.83. The lowest BCUT2D eigenvalue weighted by atomic mass is 10.2. The highest BCUT2D eigenvalue weighted by Gasteiger charge is 2.44. The lowest BCUT2D eigenvalue weighted by Crippen LogP contribution is -2.46. The number of halogens is 2. The van der Waals surface area contributed by atoms with Gasteiger partial charge < -0.3 is 4.90 Å². The van der Waals surface area contributed by atoms with E-state index in [0.717, 1.165) is 36.6 Å². The van der Waals surface area contributed by atoms with Crippen molar-refractivity contribution in [3.63, 3.8) is 0 Å². The van der Waals surface area contributed by atoms with Gasteiger partial charge in [-0.05, 0) is 30.2 Å². The molecule has 2 aliphatic heterocycles. The zero-order chi connectivity index (χ0) is 15.1. The molecule has 0 saturated carbocycles. The summed E-state index contributed by atoms with van der Waals surface area (Å²) in [5, 5.41) is 0.818. The van der Waals surface area contributed by atoms with Crippen LogP contribution >= 0.6 is 11.6 Å². The lowest BCUT2D eigenvalue weighted by Gasteiger charge is -2.35. The number of pyridine rings is 1. The van der Waals surface area contributed by atoms with Crippen LogP contribution in [0.5, 0.6) is 0 Å². The molecule has 0 amide bonds. The Morgan fingerprint density at radius 2 is 2.00 bits per heavy atom. The first-order valence-electron chi connectivity index (χ1n) is 7.57. The highest BCUT2D eigenvalue weighted by atomic mass is 35.5. The molecule has 114 valence electrons. The Morgan fingerprint density at radius 1 is 1.14 bits per heavy atom. The molecule has 2 unspecified atom stereocenters. The Balaban J connectivity index is 1.49. The highest BCUT2D eigenvalue weighted by Crippen LogP contribution is 2.35. The number of piperazine rings is 1. The van der Waals surface area contributed by atoms with Gasteiger partial charge in [0.2, 0.25) is 0 Å². The summed E-state index contributed by atoms with van der Waals surface area (Å²) in [5.74, 6) is 0.264. The molecule has 0 radical (unpaired) electrons. The maximum Gasteiger partial charge on any atom is 0.165 e. The first kappa shape index (κ1) is 14.0. The molecule has 5 heteroatoms. The fraction of sp³-hybridized carbons (Fsp3) is 0.353. The Labute approximate surface area is 134 Å². The second kappa shape index (κ2) is 5.52. The molecule has 1 aromatic heterocycles. The van der Waals surface area contributed by atoms with E-state index < -0.39 is 0 Å². The van der Waals surface area contributed by atoms with Crippen molar-refractivity contribution in [3.05, 3.63) is 59.0 Å². The van der Waals surface area contributed by atoms with E-state index >= 15 is 0 Å². The quantitative estimate of drug-likeness (QED) is 0.865. The zero-order valence-corrected chi connectivity index (χ0v) is 12.9. The van der Waals surface area contributed by atoms with Crippen molar-refractivity contribution in [1.82, 2.24) is 9.88 Å². The summed E-state index contributed by atoms with van der Waals surface area (Å²) < 4.78 is 13.9. The van der Waals surface area contributed by atoms with Gasteiger partial charge in [0.15, 0.2) is 11.6 Å². The van der Waals surface area contributed by atoms with Crippen LogP contribution in [0.15, 0.2) is 42.6 Å². The number of nitrogens with zero attached hydrogens (tertiary/aromatic N) is 3. The monoisotopic (exact) mass is 317 g/mol. The average Bonchev–Trinajstić information content (AvgIpc) is 3.10. The van der Waals surface area contributed by atoms with E-state index in [0.29, 0.717) is 17.9 Å². The van der Waals surface area contributed by atoms with Crippen LogP contribution in [0.25, 0.3) is 0 Å². The second-order valence-corrected chi connectivity index (χ2v) is 6.43. The van der Waals surface area contributed by atoms with Gasteiger partial charge in [0.1, 0.15) is 0 Å². The van der Waals surface area contributed by atoms with E-state index in [2.05, 4.69) is 20.9 Å². The van der Waals surface area contributed by atoms with E-state index in [1.807, 2.05) is 18.2 Å². The smallest absolute Gasteiger partial charge is 0.165 e. The molecule has 0 aliphatic carbocycles. The molecule has 22 heavy (non-hydrogen) atoms. The molecule has 2 aliphatic rings. The molecular formula is C17H17ClFN3. The maximum atomic E-state index is 13.9. The summed E-state index contributed by atoms with van der Waals surface area (Å²) in [6.45, 7) is 2.63. The van der Waals surface area contributed by atoms with E-state index in [9.17, 15) is 4.39 Å². The van der Waals surface area contributed by atoms with Crippen LogP contribution in [0, 0.1) is 5.82 Å². The SMILES string of the molecule is Fc1cccnc1N1CC2CC1CN2Cc1ccccc1Cl. The predicted octanol–water partition coefficient (Wildman–Crippen LogP) is 3.34. The third-order valence-electron chi connectivity index (χ3n) is 4.70. The maximum absolute atomic E-state index is 13.9. The fourth-order valence-electron chi connectivity index (χ4n) is 3.64. The van der Waals surface area contributed by atoms with Crippen LogP contribution < -0.4 is 4.90 Å². The Kier molecular flexibility index (Phi) is 3.51.